The zero-order chi connectivity index (χ0) is 15.1. The molecule has 5 heteroatoms. The lowest BCUT2D eigenvalue weighted by atomic mass is 9.84. The molecule has 0 saturated heterocycles. The highest BCUT2D eigenvalue weighted by Gasteiger charge is 2.39. The molecule has 1 aromatic rings. The van der Waals surface area contributed by atoms with Gasteiger partial charge in [0, 0.05) is 26.6 Å². The Kier molecular flexibility index (Phi) is 6.18. The first-order chi connectivity index (χ1) is 10.2. The fourth-order valence-electron chi connectivity index (χ4n) is 3.47. The van der Waals surface area contributed by atoms with Gasteiger partial charge in [0.05, 0.1) is 5.60 Å². The van der Waals surface area contributed by atoms with Gasteiger partial charge in [0.15, 0.2) is 0 Å². The van der Waals surface area contributed by atoms with Crippen LogP contribution >= 0.6 is 0 Å². The molecule has 0 aliphatic heterocycles. The van der Waals surface area contributed by atoms with Crippen LogP contribution in [-0.4, -0.2) is 40.1 Å². The van der Waals surface area contributed by atoms with E-state index in [1.54, 1.807) is 6.33 Å². The molecule has 0 spiro atoms. The van der Waals surface area contributed by atoms with Crippen molar-refractivity contribution in [2.75, 3.05) is 13.7 Å². The molecule has 0 aromatic carbocycles. The van der Waals surface area contributed by atoms with Crippen molar-refractivity contribution in [1.82, 2.24) is 20.1 Å². The van der Waals surface area contributed by atoms with E-state index in [-0.39, 0.29) is 5.60 Å². The zero-order valence-electron chi connectivity index (χ0n) is 13.8. The lowest BCUT2D eigenvalue weighted by molar-refractivity contribution is -0.0531. The number of methoxy groups -OCH3 is 1. The average Bonchev–Trinajstić information content (AvgIpc) is 2.77. The van der Waals surface area contributed by atoms with Gasteiger partial charge in [-0.15, -0.1) is 0 Å². The molecule has 1 N–H and O–H groups in total. The predicted octanol–water partition coefficient (Wildman–Crippen LogP) is 2.47. The van der Waals surface area contributed by atoms with E-state index in [0.717, 1.165) is 38.1 Å². The molecule has 0 amide bonds. The van der Waals surface area contributed by atoms with Gasteiger partial charge in [-0.05, 0) is 25.8 Å². The molecule has 5 nitrogen and oxygen atoms in total. The van der Waals surface area contributed by atoms with Crippen LogP contribution in [-0.2, 0) is 18.2 Å². The summed E-state index contributed by atoms with van der Waals surface area (Å²) in [6.45, 7) is 3.23. The molecular weight excluding hydrogens is 264 g/mol. The number of nitrogens with zero attached hydrogens (tertiary/aromatic N) is 3. The van der Waals surface area contributed by atoms with Crippen LogP contribution in [0.5, 0.6) is 0 Å². The van der Waals surface area contributed by atoms with Crippen molar-refractivity contribution in [2.45, 2.75) is 69.9 Å². The van der Waals surface area contributed by atoms with Crippen molar-refractivity contribution in [2.24, 2.45) is 7.05 Å². The van der Waals surface area contributed by atoms with E-state index in [4.69, 9.17) is 4.74 Å². The Morgan fingerprint density at radius 3 is 2.57 bits per heavy atom. The lowest BCUT2D eigenvalue weighted by Gasteiger charge is -2.40. The van der Waals surface area contributed by atoms with E-state index in [9.17, 15) is 0 Å². The third-order valence-corrected chi connectivity index (χ3v) is 4.82. The van der Waals surface area contributed by atoms with Crippen LogP contribution in [0.3, 0.4) is 0 Å². The molecule has 1 saturated carbocycles. The maximum atomic E-state index is 6.09. The second-order valence-corrected chi connectivity index (χ2v) is 6.19. The number of nitrogens with one attached hydrogen (secondary N) is 1. The van der Waals surface area contributed by atoms with Crippen molar-refractivity contribution in [3.05, 3.63) is 12.2 Å². The summed E-state index contributed by atoms with van der Waals surface area (Å²) in [6.07, 6.45) is 11.1. The largest absolute Gasteiger partial charge is 0.377 e. The number of hydrogen-bond donors (Lipinski definition) is 1. The molecular formula is C16H30N4O. The maximum absolute atomic E-state index is 6.09. The van der Waals surface area contributed by atoms with Gasteiger partial charge in [0.1, 0.15) is 12.2 Å². The van der Waals surface area contributed by atoms with Gasteiger partial charge < -0.3 is 10.1 Å². The summed E-state index contributed by atoms with van der Waals surface area (Å²) < 4.78 is 7.96. The van der Waals surface area contributed by atoms with E-state index in [1.807, 2.05) is 18.8 Å². The Balaban J connectivity index is 2.17. The van der Waals surface area contributed by atoms with Crippen molar-refractivity contribution in [3.63, 3.8) is 0 Å². The summed E-state index contributed by atoms with van der Waals surface area (Å²) in [6, 6.07) is 0.309. The van der Waals surface area contributed by atoms with Crippen LogP contribution in [0.1, 0.15) is 57.7 Å². The van der Waals surface area contributed by atoms with Crippen LogP contribution in [0, 0.1) is 0 Å². The third kappa shape index (κ3) is 4.04. The number of hydrogen-bond acceptors (Lipinski definition) is 4. The lowest BCUT2D eigenvalue weighted by Crippen LogP contribution is -2.53. The third-order valence-electron chi connectivity index (χ3n) is 4.82. The number of aromatic nitrogens is 3. The fraction of sp³-hybridized carbons (Fsp3) is 0.875. The van der Waals surface area contributed by atoms with Gasteiger partial charge in [-0.3, -0.25) is 4.68 Å². The molecule has 0 bridgehead atoms. The number of ether oxygens (including phenoxy) is 1. The molecule has 0 radical (unpaired) electrons. The minimum atomic E-state index is -0.0579. The van der Waals surface area contributed by atoms with Crippen molar-refractivity contribution >= 4 is 0 Å². The van der Waals surface area contributed by atoms with Gasteiger partial charge in [-0.1, -0.05) is 32.6 Å². The highest BCUT2D eigenvalue weighted by Crippen LogP contribution is 2.34. The van der Waals surface area contributed by atoms with Crippen molar-refractivity contribution < 1.29 is 4.74 Å². The summed E-state index contributed by atoms with van der Waals surface area (Å²) in [7, 11) is 3.84. The summed E-state index contributed by atoms with van der Waals surface area (Å²) in [4.78, 5) is 4.40. The number of aryl methyl sites for hydroxylation is 1. The quantitative estimate of drug-likeness (QED) is 0.785. The monoisotopic (exact) mass is 294 g/mol. The molecule has 1 fully saturated rings. The Labute approximate surface area is 128 Å². The molecule has 1 aromatic heterocycles. The summed E-state index contributed by atoms with van der Waals surface area (Å²) in [5, 5.41) is 7.92. The summed E-state index contributed by atoms with van der Waals surface area (Å²) in [5.41, 5.74) is -0.0579. The van der Waals surface area contributed by atoms with E-state index in [0.29, 0.717) is 6.04 Å². The molecule has 1 heterocycles. The average molecular weight is 294 g/mol. The SMILES string of the molecule is CCCNC(Cc1ncnn1C)C1(OC)CCCCCC1. The Morgan fingerprint density at radius 1 is 1.33 bits per heavy atom. The molecule has 120 valence electrons. The highest BCUT2D eigenvalue weighted by atomic mass is 16.5. The van der Waals surface area contributed by atoms with Crippen molar-refractivity contribution in [1.29, 1.82) is 0 Å². The molecule has 1 atom stereocenters. The van der Waals surface area contributed by atoms with Crippen LogP contribution in [0.15, 0.2) is 6.33 Å². The standard InChI is InChI=1S/C16H30N4O/c1-4-11-17-14(12-15-18-13-19-20(15)2)16(21-3)9-7-5-6-8-10-16/h13-14,17H,4-12H2,1-3H3. The smallest absolute Gasteiger partial charge is 0.138 e. The normalized spacial score (nSPS) is 20.1. The van der Waals surface area contributed by atoms with Gasteiger partial charge >= 0.3 is 0 Å². The molecule has 21 heavy (non-hydrogen) atoms. The molecule has 1 aliphatic rings. The van der Waals surface area contributed by atoms with Gasteiger partial charge in [-0.25, -0.2) is 4.98 Å². The van der Waals surface area contributed by atoms with Gasteiger partial charge in [-0.2, -0.15) is 5.10 Å². The summed E-state index contributed by atoms with van der Waals surface area (Å²) in [5.74, 6) is 1.03. The predicted molar refractivity (Wildman–Crippen MR) is 84.2 cm³/mol. The fourth-order valence-corrected chi connectivity index (χ4v) is 3.47. The van der Waals surface area contributed by atoms with Gasteiger partial charge in [0.25, 0.3) is 0 Å². The molecule has 1 aliphatic carbocycles. The Bertz CT molecular complexity index is 410. The molecule has 2 rings (SSSR count). The first-order valence-corrected chi connectivity index (χ1v) is 8.33. The Morgan fingerprint density at radius 2 is 2.05 bits per heavy atom. The first-order valence-electron chi connectivity index (χ1n) is 8.33. The molecule has 1 unspecified atom stereocenters. The second-order valence-electron chi connectivity index (χ2n) is 6.19. The maximum Gasteiger partial charge on any atom is 0.138 e. The van der Waals surface area contributed by atoms with E-state index < -0.39 is 0 Å². The first kappa shape index (κ1) is 16.4. The summed E-state index contributed by atoms with van der Waals surface area (Å²) >= 11 is 0. The van der Waals surface area contributed by atoms with E-state index >= 15 is 0 Å². The zero-order valence-corrected chi connectivity index (χ0v) is 13.8. The topological polar surface area (TPSA) is 52.0 Å². The minimum absolute atomic E-state index is 0.0579. The van der Waals surface area contributed by atoms with Crippen LogP contribution < -0.4 is 5.32 Å². The minimum Gasteiger partial charge on any atom is -0.377 e. The highest BCUT2D eigenvalue weighted by molar-refractivity contribution is 5.00. The van der Waals surface area contributed by atoms with Gasteiger partial charge in [0.2, 0.25) is 0 Å². The number of rotatable bonds is 7. The Hall–Kier alpha value is -0.940. The van der Waals surface area contributed by atoms with Crippen LogP contribution in [0.25, 0.3) is 0 Å². The van der Waals surface area contributed by atoms with Crippen LogP contribution in [0.2, 0.25) is 0 Å². The van der Waals surface area contributed by atoms with E-state index in [2.05, 4.69) is 22.3 Å². The van der Waals surface area contributed by atoms with E-state index in [1.165, 1.54) is 25.7 Å². The van der Waals surface area contributed by atoms with Crippen molar-refractivity contribution in [3.8, 4) is 0 Å². The second kappa shape index (κ2) is 7.90. The van der Waals surface area contributed by atoms with Crippen LogP contribution in [0.4, 0.5) is 0 Å².